The lowest BCUT2D eigenvalue weighted by molar-refractivity contribution is 0.252. The lowest BCUT2D eigenvalue weighted by Gasteiger charge is -2.12. The highest BCUT2D eigenvalue weighted by molar-refractivity contribution is 5.90. The van der Waals surface area contributed by atoms with E-state index in [-0.39, 0.29) is 6.03 Å². The number of aryl methyl sites for hydroxylation is 1. The largest absolute Gasteiger partial charge is 0.437 e. The van der Waals surface area contributed by atoms with E-state index in [1.54, 1.807) is 12.3 Å². The fourth-order valence-corrected chi connectivity index (χ4v) is 3.01. The molecule has 29 heavy (non-hydrogen) atoms. The van der Waals surface area contributed by atoms with Crippen molar-refractivity contribution in [2.24, 2.45) is 0 Å². The number of amides is 2. The van der Waals surface area contributed by atoms with Crippen molar-refractivity contribution in [1.82, 2.24) is 20.3 Å². The Balaban J connectivity index is 1.36. The standard InChI is InChI=1S/C22H21N5O2/c1-15-13-17(29-21-20-19(10-12-23-20)25-14-26-21)7-8-18(15)27-22(28)24-11-9-16-5-3-2-4-6-16/h2-8,10,12-14,23H,9,11H2,1H3,(H2,24,27,28). The van der Waals surface area contributed by atoms with Crippen molar-refractivity contribution in [2.45, 2.75) is 13.3 Å². The Morgan fingerprint density at radius 2 is 1.97 bits per heavy atom. The van der Waals surface area contributed by atoms with Gasteiger partial charge >= 0.3 is 6.03 Å². The van der Waals surface area contributed by atoms with Crippen LogP contribution in [-0.4, -0.2) is 27.5 Å². The van der Waals surface area contributed by atoms with Crippen molar-refractivity contribution >= 4 is 22.8 Å². The molecule has 4 aromatic rings. The zero-order valence-electron chi connectivity index (χ0n) is 16.0. The molecule has 2 aromatic heterocycles. The second kappa shape index (κ2) is 8.43. The molecule has 7 nitrogen and oxygen atoms in total. The number of anilines is 1. The van der Waals surface area contributed by atoms with E-state index >= 15 is 0 Å². The normalized spacial score (nSPS) is 10.7. The number of rotatable bonds is 6. The van der Waals surface area contributed by atoms with Gasteiger partial charge in [-0.2, -0.15) is 4.98 Å². The quantitative estimate of drug-likeness (QED) is 0.457. The Labute approximate surface area is 168 Å². The second-order valence-corrected chi connectivity index (χ2v) is 6.61. The van der Waals surface area contributed by atoms with E-state index in [1.165, 1.54) is 11.9 Å². The fraction of sp³-hybridized carbons (Fsp3) is 0.136. The summed E-state index contributed by atoms with van der Waals surface area (Å²) in [5, 5.41) is 5.75. The number of nitrogens with one attached hydrogen (secondary N) is 3. The summed E-state index contributed by atoms with van der Waals surface area (Å²) in [6, 6.07) is 17.1. The maximum atomic E-state index is 12.2. The summed E-state index contributed by atoms with van der Waals surface area (Å²) in [4.78, 5) is 23.6. The highest BCUT2D eigenvalue weighted by atomic mass is 16.5. The monoisotopic (exact) mass is 387 g/mol. The van der Waals surface area contributed by atoms with Gasteiger partial charge in [-0.15, -0.1) is 0 Å². The molecule has 4 rings (SSSR count). The zero-order chi connectivity index (χ0) is 20.1. The van der Waals surface area contributed by atoms with Crippen LogP contribution in [-0.2, 0) is 6.42 Å². The second-order valence-electron chi connectivity index (χ2n) is 6.61. The number of nitrogens with zero attached hydrogens (tertiary/aromatic N) is 2. The minimum absolute atomic E-state index is 0.235. The first-order valence-electron chi connectivity index (χ1n) is 9.34. The molecule has 0 unspecified atom stereocenters. The summed E-state index contributed by atoms with van der Waals surface area (Å²) < 4.78 is 5.89. The van der Waals surface area contributed by atoms with Gasteiger partial charge in [-0.25, -0.2) is 9.78 Å². The number of carbonyl (C=O) groups is 1. The summed E-state index contributed by atoms with van der Waals surface area (Å²) in [6.45, 7) is 2.48. The molecule has 2 heterocycles. The Kier molecular flexibility index (Phi) is 5.38. The number of carbonyl (C=O) groups excluding carboxylic acids is 1. The van der Waals surface area contributed by atoms with Gasteiger partial charge in [0.15, 0.2) is 0 Å². The van der Waals surface area contributed by atoms with Gasteiger partial charge < -0.3 is 20.4 Å². The van der Waals surface area contributed by atoms with Crippen molar-refractivity contribution in [3.63, 3.8) is 0 Å². The number of H-pyrrole nitrogens is 1. The molecule has 0 aliphatic carbocycles. The van der Waals surface area contributed by atoms with E-state index in [4.69, 9.17) is 4.74 Å². The molecule has 3 N–H and O–H groups in total. The third-order valence-corrected chi connectivity index (χ3v) is 4.51. The average Bonchev–Trinajstić information content (AvgIpc) is 3.21. The molecular weight excluding hydrogens is 366 g/mol. The first kappa shape index (κ1) is 18.5. The van der Waals surface area contributed by atoms with Crippen LogP contribution in [0.2, 0.25) is 0 Å². The van der Waals surface area contributed by atoms with E-state index in [0.717, 1.165) is 28.7 Å². The van der Waals surface area contributed by atoms with E-state index < -0.39 is 0 Å². The van der Waals surface area contributed by atoms with E-state index in [2.05, 4.69) is 25.6 Å². The molecule has 0 saturated carbocycles. The zero-order valence-corrected chi connectivity index (χ0v) is 16.0. The van der Waals surface area contributed by atoms with Crippen molar-refractivity contribution in [3.05, 3.63) is 78.2 Å². The van der Waals surface area contributed by atoms with Crippen LogP contribution in [0.4, 0.5) is 10.5 Å². The number of aromatic amines is 1. The van der Waals surface area contributed by atoms with Crippen molar-refractivity contribution in [3.8, 4) is 11.6 Å². The first-order chi connectivity index (χ1) is 14.2. The van der Waals surface area contributed by atoms with Crippen LogP contribution in [0.25, 0.3) is 11.0 Å². The lowest BCUT2D eigenvalue weighted by atomic mass is 10.1. The highest BCUT2D eigenvalue weighted by Crippen LogP contribution is 2.28. The van der Waals surface area contributed by atoms with Crippen LogP contribution in [0.15, 0.2) is 67.1 Å². The van der Waals surface area contributed by atoms with Crippen LogP contribution in [0.1, 0.15) is 11.1 Å². The molecule has 0 radical (unpaired) electrons. The van der Waals surface area contributed by atoms with E-state index in [9.17, 15) is 4.79 Å². The fourth-order valence-electron chi connectivity index (χ4n) is 3.01. The molecule has 2 aromatic carbocycles. The van der Waals surface area contributed by atoms with Crippen molar-refractivity contribution < 1.29 is 9.53 Å². The van der Waals surface area contributed by atoms with Gasteiger partial charge in [0.2, 0.25) is 5.88 Å². The summed E-state index contributed by atoms with van der Waals surface area (Å²) in [5.41, 5.74) is 4.33. The first-order valence-corrected chi connectivity index (χ1v) is 9.34. The molecule has 0 saturated heterocycles. The Bertz CT molecular complexity index is 1120. The van der Waals surface area contributed by atoms with Gasteiger partial charge in [0, 0.05) is 18.4 Å². The number of urea groups is 1. The van der Waals surface area contributed by atoms with E-state index in [1.807, 2.05) is 55.5 Å². The topological polar surface area (TPSA) is 91.9 Å². The van der Waals surface area contributed by atoms with Gasteiger partial charge in [0.1, 0.15) is 17.6 Å². The van der Waals surface area contributed by atoms with Gasteiger partial charge in [-0.3, -0.25) is 0 Å². The molecule has 0 bridgehead atoms. The minimum atomic E-state index is -0.235. The van der Waals surface area contributed by atoms with Gasteiger partial charge in [-0.1, -0.05) is 30.3 Å². The SMILES string of the molecule is Cc1cc(Oc2ncnc3cc[nH]c23)ccc1NC(=O)NCCc1ccccc1. The number of fused-ring (bicyclic) bond motifs is 1. The highest BCUT2D eigenvalue weighted by Gasteiger charge is 2.09. The minimum Gasteiger partial charge on any atom is -0.437 e. The van der Waals surface area contributed by atoms with Crippen LogP contribution in [0, 0.1) is 6.92 Å². The van der Waals surface area contributed by atoms with Gasteiger partial charge in [-0.05, 0) is 48.7 Å². The van der Waals surface area contributed by atoms with Crippen LogP contribution >= 0.6 is 0 Å². The smallest absolute Gasteiger partial charge is 0.319 e. The van der Waals surface area contributed by atoms with Gasteiger partial charge in [0.25, 0.3) is 0 Å². The molecule has 0 atom stereocenters. The Morgan fingerprint density at radius 3 is 2.79 bits per heavy atom. The number of hydrogen-bond donors (Lipinski definition) is 3. The predicted octanol–water partition coefficient (Wildman–Crippen LogP) is 4.42. The maximum Gasteiger partial charge on any atom is 0.319 e. The molecule has 0 aliphatic heterocycles. The van der Waals surface area contributed by atoms with Crippen molar-refractivity contribution in [1.29, 1.82) is 0 Å². The molecular formula is C22H21N5O2. The number of ether oxygens (including phenoxy) is 1. The molecule has 0 fully saturated rings. The predicted molar refractivity (Wildman–Crippen MR) is 112 cm³/mol. The van der Waals surface area contributed by atoms with E-state index in [0.29, 0.717) is 18.2 Å². The Hall–Kier alpha value is -3.87. The summed E-state index contributed by atoms with van der Waals surface area (Å²) >= 11 is 0. The number of aromatic nitrogens is 3. The van der Waals surface area contributed by atoms with Crippen LogP contribution < -0.4 is 15.4 Å². The van der Waals surface area contributed by atoms with Crippen molar-refractivity contribution in [2.75, 3.05) is 11.9 Å². The number of hydrogen-bond acceptors (Lipinski definition) is 4. The summed E-state index contributed by atoms with van der Waals surface area (Å²) in [5.74, 6) is 1.09. The third-order valence-electron chi connectivity index (χ3n) is 4.51. The summed E-state index contributed by atoms with van der Waals surface area (Å²) in [6.07, 6.45) is 4.04. The maximum absolute atomic E-state index is 12.2. The molecule has 7 heteroatoms. The Morgan fingerprint density at radius 1 is 1.10 bits per heavy atom. The average molecular weight is 387 g/mol. The lowest BCUT2D eigenvalue weighted by Crippen LogP contribution is -2.30. The van der Waals surface area contributed by atoms with Gasteiger partial charge in [0.05, 0.1) is 5.52 Å². The molecule has 0 spiro atoms. The molecule has 146 valence electrons. The van der Waals surface area contributed by atoms with Crippen LogP contribution in [0.3, 0.4) is 0 Å². The summed E-state index contributed by atoms with van der Waals surface area (Å²) in [7, 11) is 0. The molecule has 0 aliphatic rings. The van der Waals surface area contributed by atoms with Crippen LogP contribution in [0.5, 0.6) is 11.6 Å². The molecule has 2 amide bonds. The number of benzene rings is 2. The third kappa shape index (κ3) is 4.52.